The maximum atomic E-state index is 10.6. The van der Waals surface area contributed by atoms with Crippen LogP contribution in [0.2, 0.25) is 0 Å². The lowest BCUT2D eigenvalue weighted by molar-refractivity contribution is -0.119. The van der Waals surface area contributed by atoms with Crippen molar-refractivity contribution in [3.8, 4) is 0 Å². The van der Waals surface area contributed by atoms with Crippen LogP contribution in [0.1, 0.15) is 20.3 Å². The Bertz CT molecular complexity index is 187. The summed E-state index contributed by atoms with van der Waals surface area (Å²) >= 11 is 0. The molecule has 0 radical (unpaired) electrons. The normalized spacial score (nSPS) is 14.2. The van der Waals surface area contributed by atoms with Gasteiger partial charge >= 0.3 is 7.60 Å². The molecule has 1 amide bonds. The Labute approximate surface area is 65.0 Å². The highest BCUT2D eigenvalue weighted by Crippen LogP contribution is 2.40. The largest absolute Gasteiger partial charge is 0.347 e. The van der Waals surface area contributed by atoms with E-state index >= 15 is 0 Å². The van der Waals surface area contributed by atoms with E-state index in [-0.39, 0.29) is 6.42 Å². The van der Waals surface area contributed by atoms with Gasteiger partial charge in [-0.2, -0.15) is 0 Å². The monoisotopic (exact) mass is 181 g/mol. The quantitative estimate of drug-likeness (QED) is 0.536. The molecular weight excluding hydrogens is 169 g/mol. The summed E-state index contributed by atoms with van der Waals surface area (Å²) in [4.78, 5) is 27.7. The first-order chi connectivity index (χ1) is 4.88. The fraction of sp³-hybridized carbons (Fsp3) is 0.800. The van der Waals surface area contributed by atoms with E-state index in [4.69, 9.17) is 9.79 Å². The predicted octanol–water partition coefficient (Wildman–Crippen LogP) is 0.0363. The van der Waals surface area contributed by atoms with Gasteiger partial charge in [0.05, 0.1) is 0 Å². The molecule has 0 aromatic carbocycles. The van der Waals surface area contributed by atoms with Crippen LogP contribution in [0.4, 0.5) is 0 Å². The van der Waals surface area contributed by atoms with Crippen LogP contribution in [0.3, 0.4) is 0 Å². The summed E-state index contributed by atoms with van der Waals surface area (Å²) in [6, 6.07) is 0. The number of amides is 1. The summed E-state index contributed by atoms with van der Waals surface area (Å²) in [6.07, 6.45) is 0.226. The molecule has 11 heavy (non-hydrogen) atoms. The number of hydrogen-bond acceptors (Lipinski definition) is 2. The molecule has 5 nitrogen and oxygen atoms in total. The minimum atomic E-state index is -4.16. The topological polar surface area (TPSA) is 86.6 Å². The number of carbonyl (C=O) groups is 1. The van der Waals surface area contributed by atoms with Crippen molar-refractivity contribution in [3.05, 3.63) is 0 Å². The number of nitrogens with one attached hydrogen (secondary N) is 1. The molecule has 0 spiro atoms. The highest BCUT2D eigenvalue weighted by Gasteiger charge is 2.27. The van der Waals surface area contributed by atoms with Gasteiger partial charge in [-0.1, -0.05) is 6.92 Å². The third kappa shape index (κ3) is 4.14. The molecule has 6 heteroatoms. The number of carbonyl (C=O) groups excluding carboxylic acids is 1. The molecule has 0 bridgehead atoms. The van der Waals surface area contributed by atoms with Crippen LogP contribution in [-0.2, 0) is 9.36 Å². The van der Waals surface area contributed by atoms with E-state index in [9.17, 15) is 9.36 Å². The van der Waals surface area contributed by atoms with E-state index < -0.39 is 19.3 Å². The van der Waals surface area contributed by atoms with Gasteiger partial charge < -0.3 is 15.1 Å². The zero-order chi connectivity index (χ0) is 9.07. The second-order valence-electron chi connectivity index (χ2n) is 2.21. The third-order valence-electron chi connectivity index (χ3n) is 1.16. The second kappa shape index (κ2) is 3.85. The minimum Gasteiger partial charge on any atom is -0.342 e. The summed E-state index contributed by atoms with van der Waals surface area (Å²) in [5.41, 5.74) is 0. The lowest BCUT2D eigenvalue weighted by Gasteiger charge is -2.16. The highest BCUT2D eigenvalue weighted by atomic mass is 31.2. The van der Waals surface area contributed by atoms with Gasteiger partial charge in [0.25, 0.3) is 0 Å². The van der Waals surface area contributed by atoms with Crippen molar-refractivity contribution in [3.63, 3.8) is 0 Å². The van der Waals surface area contributed by atoms with E-state index in [0.717, 1.165) is 0 Å². The van der Waals surface area contributed by atoms with E-state index in [1.165, 1.54) is 6.92 Å². The minimum absolute atomic E-state index is 0.226. The Morgan fingerprint density at radius 1 is 1.64 bits per heavy atom. The third-order valence-corrected chi connectivity index (χ3v) is 2.47. The Hall–Kier alpha value is -0.380. The molecule has 0 aromatic rings. The van der Waals surface area contributed by atoms with Gasteiger partial charge in [-0.3, -0.25) is 9.36 Å². The van der Waals surface area contributed by atoms with E-state index in [1.54, 1.807) is 6.92 Å². The molecule has 0 aliphatic carbocycles. The van der Waals surface area contributed by atoms with E-state index in [1.807, 2.05) is 0 Å². The second-order valence-corrected chi connectivity index (χ2v) is 4.02. The van der Waals surface area contributed by atoms with E-state index in [2.05, 4.69) is 5.32 Å². The van der Waals surface area contributed by atoms with E-state index in [0.29, 0.717) is 0 Å². The summed E-state index contributed by atoms with van der Waals surface area (Å²) in [6.45, 7) is 2.82. The van der Waals surface area contributed by atoms with Crippen molar-refractivity contribution in [2.75, 3.05) is 0 Å². The Kier molecular flexibility index (Phi) is 3.72. The van der Waals surface area contributed by atoms with Crippen molar-refractivity contribution < 1.29 is 19.1 Å². The molecular formula is C5H12NO4P. The highest BCUT2D eigenvalue weighted by molar-refractivity contribution is 7.52. The molecule has 0 heterocycles. The van der Waals surface area contributed by atoms with Gasteiger partial charge in [-0.15, -0.1) is 0 Å². The van der Waals surface area contributed by atoms with Crippen LogP contribution >= 0.6 is 7.60 Å². The molecule has 1 atom stereocenters. The lowest BCUT2D eigenvalue weighted by Crippen LogP contribution is -2.32. The zero-order valence-electron chi connectivity index (χ0n) is 6.44. The molecule has 0 saturated carbocycles. The van der Waals surface area contributed by atoms with Gasteiger partial charge in [-0.25, -0.2) is 0 Å². The van der Waals surface area contributed by atoms with Crippen LogP contribution in [0, 0.1) is 0 Å². The van der Waals surface area contributed by atoms with Crippen LogP contribution < -0.4 is 5.32 Å². The summed E-state index contributed by atoms with van der Waals surface area (Å²) in [5.74, 6) is -1.47. The van der Waals surface area contributed by atoms with Gasteiger partial charge in [0.15, 0.2) is 0 Å². The van der Waals surface area contributed by atoms with Crippen molar-refractivity contribution in [2.24, 2.45) is 0 Å². The SMILES string of the molecule is CCC(NC(C)=O)P(=O)(O)O. The summed E-state index contributed by atoms with van der Waals surface area (Å²) < 4.78 is 10.6. The van der Waals surface area contributed by atoms with Gasteiger partial charge in [0.2, 0.25) is 5.91 Å². The Morgan fingerprint density at radius 3 is 2.18 bits per heavy atom. The zero-order valence-corrected chi connectivity index (χ0v) is 7.34. The lowest BCUT2D eigenvalue weighted by atomic mass is 10.5. The van der Waals surface area contributed by atoms with Gasteiger partial charge in [-0.05, 0) is 6.42 Å². The van der Waals surface area contributed by atoms with Gasteiger partial charge in [0, 0.05) is 6.92 Å². The molecule has 0 rings (SSSR count). The van der Waals surface area contributed by atoms with Crippen molar-refractivity contribution in [1.82, 2.24) is 5.32 Å². The first-order valence-corrected chi connectivity index (χ1v) is 4.88. The van der Waals surface area contributed by atoms with Crippen LogP contribution in [0.15, 0.2) is 0 Å². The van der Waals surface area contributed by atoms with Crippen LogP contribution in [-0.4, -0.2) is 21.5 Å². The Morgan fingerprint density at radius 2 is 2.09 bits per heavy atom. The molecule has 66 valence electrons. The van der Waals surface area contributed by atoms with Gasteiger partial charge in [0.1, 0.15) is 5.78 Å². The molecule has 0 aliphatic heterocycles. The van der Waals surface area contributed by atoms with Crippen LogP contribution in [0.5, 0.6) is 0 Å². The first kappa shape index (κ1) is 10.6. The predicted molar refractivity (Wildman–Crippen MR) is 39.9 cm³/mol. The van der Waals surface area contributed by atoms with Crippen molar-refractivity contribution in [1.29, 1.82) is 0 Å². The first-order valence-electron chi connectivity index (χ1n) is 3.20. The average molecular weight is 181 g/mol. The molecule has 3 N–H and O–H groups in total. The van der Waals surface area contributed by atoms with Crippen molar-refractivity contribution in [2.45, 2.75) is 26.1 Å². The summed E-state index contributed by atoms with van der Waals surface area (Å²) in [7, 11) is -4.16. The maximum Gasteiger partial charge on any atom is 0.347 e. The smallest absolute Gasteiger partial charge is 0.342 e. The standard InChI is InChI=1S/C5H12NO4P/c1-3-5(6-4(2)7)11(8,9)10/h5H,3H2,1-2H3,(H,6,7)(H2,8,9,10). The molecule has 0 fully saturated rings. The Balaban J connectivity index is 4.19. The summed E-state index contributed by atoms with van der Waals surface area (Å²) in [5, 5.41) is 2.17. The van der Waals surface area contributed by atoms with Crippen molar-refractivity contribution >= 4 is 13.5 Å². The number of rotatable bonds is 3. The fourth-order valence-electron chi connectivity index (χ4n) is 0.659. The molecule has 0 saturated heterocycles. The number of hydrogen-bond donors (Lipinski definition) is 3. The fourth-order valence-corrected chi connectivity index (χ4v) is 1.48. The molecule has 1 unspecified atom stereocenters. The average Bonchev–Trinajstić information content (AvgIpc) is 1.79. The maximum absolute atomic E-state index is 10.6. The molecule has 0 aromatic heterocycles. The molecule has 0 aliphatic rings. The van der Waals surface area contributed by atoms with Crippen LogP contribution in [0.25, 0.3) is 0 Å².